The number of ether oxygens (including phenoxy) is 1. The average Bonchev–Trinajstić information content (AvgIpc) is 1.78. The monoisotopic (exact) mass is 1370 g/mol. The Balaban J connectivity index is 0.000000446. The van der Waals surface area contributed by atoms with Crippen LogP contribution in [0.15, 0.2) is 86.1 Å². The topological polar surface area (TPSA) is 270 Å². The van der Waals surface area contributed by atoms with Crippen LogP contribution in [-0.2, 0) is 41.6 Å². The number of hydrogen-bond donors (Lipinski definition) is 2. The first-order chi connectivity index (χ1) is 45.3. The summed E-state index contributed by atoms with van der Waals surface area (Å²) in [6.07, 6.45) is 16.0. The van der Waals surface area contributed by atoms with Gasteiger partial charge in [-0.1, -0.05) is 79.7 Å². The molecule has 2 saturated heterocycles. The van der Waals surface area contributed by atoms with E-state index in [-0.39, 0.29) is 102 Å². The number of hydrogen-bond acceptors (Lipinski definition) is 13. The molecule has 99 heavy (non-hydrogen) atoms. The van der Waals surface area contributed by atoms with E-state index in [0.29, 0.717) is 81.5 Å². The molecule has 3 aromatic heterocycles. The third-order valence-electron chi connectivity index (χ3n) is 17.6. The Morgan fingerprint density at radius 1 is 0.596 bits per heavy atom. The molecule has 6 atom stereocenters. The standard InChI is InChI=1S/C35H53FN6O5.C31H46FN5O3.C7H9N2O.Li.H2O/c1-23(2)41-21-28(37-22-41)31(44)40(19-17-25-13-15-26(36)16-14-25)20-27-12-11-18-42(27)32(45)29(34(4,5)6)38-30(43)24(3)39(10)33(46)47-35(7,8)9;1-8-22(4)28(38)34-27(31(5,6)7)30(40)37-16-9-10-25(37)18-35(17-15-23-11-13-24(32)14-12-23)29(39)26-19-36(20-33-26)21(2)3;1-6(2)9-3-7(4-10)8-5-9;;/h13-16,21-24,27,29H,11-12,17-20H2,1-10H3,(H,38,43);11-14,19-22,25,27H,8-10,15-18H2,1-7H3,(H,34,38);3,5-6H,1-2H3;;1H2/q;;-1;+1;/p-1/t24-,27-,29+;22-,25+,27-;;;/m01.../s1. The van der Waals surface area contributed by atoms with Gasteiger partial charge in [0.2, 0.25) is 23.6 Å². The summed E-state index contributed by atoms with van der Waals surface area (Å²) in [5, 5.41) is 5.93. The second-order valence-corrected chi connectivity index (χ2v) is 29.6. The van der Waals surface area contributed by atoms with Gasteiger partial charge in [-0.25, -0.2) is 23.5 Å². The first-order valence-electron chi connectivity index (χ1n) is 34.1. The third kappa shape index (κ3) is 25.4. The van der Waals surface area contributed by atoms with E-state index in [1.165, 1.54) is 36.2 Å². The largest absolute Gasteiger partial charge is 1.00 e. The predicted octanol–water partition coefficient (Wildman–Crippen LogP) is 7.67. The fraction of sp³-hybridized carbons (Fsp3) is 0.603. The van der Waals surface area contributed by atoms with Gasteiger partial charge in [0.15, 0.2) is 0 Å². The maximum absolute atomic E-state index is 14.2. The van der Waals surface area contributed by atoms with Gasteiger partial charge in [-0.2, -0.15) is 0 Å². The molecule has 0 spiro atoms. The predicted molar refractivity (Wildman–Crippen MR) is 372 cm³/mol. The van der Waals surface area contributed by atoms with Gasteiger partial charge >= 0.3 is 25.0 Å². The van der Waals surface area contributed by atoms with E-state index in [1.807, 2.05) is 116 Å². The number of nitrogens with one attached hydrogen (secondary N) is 2. The average molecular weight is 1370 g/mol. The summed E-state index contributed by atoms with van der Waals surface area (Å²) in [6.45, 7) is 36.8. The molecule has 2 aliphatic heterocycles. The van der Waals surface area contributed by atoms with Crippen LogP contribution in [0.2, 0.25) is 0 Å². The van der Waals surface area contributed by atoms with Gasteiger partial charge < -0.3 is 58.9 Å². The van der Waals surface area contributed by atoms with Gasteiger partial charge in [-0.05, 0) is 166 Å². The van der Waals surface area contributed by atoms with Crippen LogP contribution in [0.25, 0.3) is 0 Å². The molecule has 3 N–H and O–H groups in total. The van der Waals surface area contributed by atoms with Crippen LogP contribution in [0.1, 0.15) is 213 Å². The number of rotatable bonds is 24. The number of likely N-dealkylation sites (N-methyl/N-ethyl adjacent to an activating group) is 1. The van der Waals surface area contributed by atoms with E-state index in [9.17, 15) is 47.1 Å². The summed E-state index contributed by atoms with van der Waals surface area (Å²) in [7, 11) is 1.49. The van der Waals surface area contributed by atoms with Crippen molar-refractivity contribution in [3.63, 3.8) is 0 Å². The molecule has 2 aromatic carbocycles. The van der Waals surface area contributed by atoms with Gasteiger partial charge in [0.1, 0.15) is 46.7 Å². The van der Waals surface area contributed by atoms with Gasteiger partial charge in [-0.3, -0.25) is 38.7 Å². The second kappa shape index (κ2) is 38.2. The zero-order valence-electron chi connectivity index (χ0n) is 62.3. The minimum Gasteiger partial charge on any atom is -0.870 e. The molecular formula is C73H109F2LiN13O10-. The Hall–Kier alpha value is -7.75. The molecule has 5 aromatic rings. The number of carbonyl (C=O) groups is 7. The zero-order valence-corrected chi connectivity index (χ0v) is 62.3. The van der Waals surface area contributed by atoms with Crippen LogP contribution in [0.4, 0.5) is 13.6 Å². The van der Waals surface area contributed by atoms with E-state index in [0.717, 1.165) is 30.4 Å². The molecule has 5 heterocycles. The smallest absolute Gasteiger partial charge is 0.870 e. The molecule has 0 unspecified atom stereocenters. The molecular weight excluding hydrogens is 1260 g/mol. The zero-order chi connectivity index (χ0) is 72.4. The minimum absolute atomic E-state index is 0. The number of likely N-dealkylation sites (tertiary alicyclic amines) is 2. The van der Waals surface area contributed by atoms with E-state index in [4.69, 9.17) is 4.74 Å². The normalized spacial score (nSPS) is 15.8. The van der Waals surface area contributed by atoms with Crippen molar-refractivity contribution >= 4 is 47.8 Å². The first kappa shape index (κ1) is 85.5. The Bertz CT molecular complexity index is 3410. The summed E-state index contributed by atoms with van der Waals surface area (Å²) in [4.78, 5) is 125. The maximum Gasteiger partial charge on any atom is 1.00 e. The number of nitrogens with zero attached hydrogens (tertiary/aromatic N) is 11. The number of carbonyl (C=O) groups excluding carboxylic acids is 8. The van der Waals surface area contributed by atoms with E-state index < -0.39 is 46.6 Å². The summed E-state index contributed by atoms with van der Waals surface area (Å²) >= 11 is 0. The molecule has 23 nitrogen and oxygen atoms in total. The Morgan fingerprint density at radius 3 is 1.29 bits per heavy atom. The van der Waals surface area contributed by atoms with E-state index in [1.54, 1.807) is 111 Å². The number of imidazole rings is 3. The van der Waals surface area contributed by atoms with Gasteiger partial charge in [0, 0.05) is 101 Å². The fourth-order valence-corrected chi connectivity index (χ4v) is 11.0. The van der Waals surface area contributed by atoms with Crippen LogP contribution in [0, 0.1) is 28.4 Å². The molecule has 0 saturated carbocycles. The molecule has 0 aliphatic carbocycles. The Labute approximate surface area is 597 Å². The Morgan fingerprint density at radius 2 is 0.970 bits per heavy atom. The minimum atomic E-state index is -0.887. The molecule has 0 radical (unpaired) electrons. The van der Waals surface area contributed by atoms with Crippen molar-refractivity contribution in [3.05, 3.63) is 126 Å². The molecule has 26 heteroatoms. The van der Waals surface area contributed by atoms with E-state index >= 15 is 0 Å². The van der Waals surface area contributed by atoms with Gasteiger partial charge in [0.25, 0.3) is 11.8 Å². The van der Waals surface area contributed by atoms with Crippen LogP contribution >= 0.6 is 0 Å². The van der Waals surface area contributed by atoms with Crippen LogP contribution in [0.5, 0.6) is 0 Å². The summed E-state index contributed by atoms with van der Waals surface area (Å²) < 4.78 is 38.0. The first-order valence-corrected chi connectivity index (χ1v) is 34.1. The molecule has 0 bridgehead atoms. The Kier molecular flexibility index (Phi) is 32.9. The fourth-order valence-electron chi connectivity index (χ4n) is 11.0. The molecule has 7 rings (SSSR count). The molecule has 2 fully saturated rings. The number of amides is 7. The van der Waals surface area contributed by atoms with Crippen molar-refractivity contribution in [2.24, 2.45) is 16.7 Å². The maximum atomic E-state index is 14.2. The van der Waals surface area contributed by atoms with Crippen LogP contribution in [-0.4, -0.2) is 189 Å². The van der Waals surface area contributed by atoms with Gasteiger partial charge in [0.05, 0.1) is 19.0 Å². The van der Waals surface area contributed by atoms with E-state index in [2.05, 4.69) is 25.6 Å². The van der Waals surface area contributed by atoms with Crippen molar-refractivity contribution in [1.82, 2.24) is 63.8 Å². The number of halogens is 2. The SMILES string of the molecule is CC(C)n1cnc(C(=O)N(CCc2ccc(F)cc2)C[C@@H]2CCCN2C(=O)[C@@H](NC(=O)[C@H](C)N(C)C(=O)OC(C)(C)C)C(C)(C)C)c1.CC(C)n1cnc([C-]=O)c1.CC[C@@H](C)C(=O)N[C@H](C(=O)N1CCC[C@H]1CN(CCc1ccc(F)cc1)C(=O)c1cn(C(C)C)cn1)C(C)(C)C.[Li+].[OH-]. The molecule has 7 amide bonds. The number of aromatic nitrogens is 6. The third-order valence-corrected chi connectivity index (χ3v) is 17.6. The summed E-state index contributed by atoms with van der Waals surface area (Å²) in [5.74, 6) is -2.20. The van der Waals surface area contributed by atoms with Crippen molar-refractivity contribution in [2.75, 3.05) is 46.3 Å². The van der Waals surface area contributed by atoms with Crippen LogP contribution in [0.3, 0.4) is 0 Å². The summed E-state index contributed by atoms with van der Waals surface area (Å²) in [6, 6.07) is 10.3. The van der Waals surface area contributed by atoms with Crippen molar-refractivity contribution in [3.8, 4) is 0 Å². The quantitative estimate of drug-likeness (QED) is 0.0444. The van der Waals surface area contributed by atoms with Crippen molar-refractivity contribution in [1.29, 1.82) is 0 Å². The molecule has 2 aliphatic rings. The second-order valence-electron chi connectivity index (χ2n) is 29.6. The van der Waals surface area contributed by atoms with Crippen LogP contribution < -0.4 is 29.5 Å². The molecule has 542 valence electrons. The van der Waals surface area contributed by atoms with Crippen molar-refractivity contribution < 1.29 is 76.2 Å². The van der Waals surface area contributed by atoms with Gasteiger partial charge in [-0.15, -0.1) is 6.20 Å². The number of benzene rings is 2. The van der Waals surface area contributed by atoms with Crippen molar-refractivity contribution in [2.45, 2.75) is 224 Å². The summed E-state index contributed by atoms with van der Waals surface area (Å²) in [5.41, 5.74) is 1.01.